The topological polar surface area (TPSA) is 49.2 Å². The molecule has 0 spiro atoms. The zero-order chi connectivity index (χ0) is 22.7. The molecular formula is C24H21ClFN3O2S. The second-order valence-electron chi connectivity index (χ2n) is 7.02. The molecule has 4 aromatic rings. The number of hydrogen-bond acceptors (Lipinski definition) is 5. The fourth-order valence-corrected chi connectivity index (χ4v) is 4.61. The molecule has 0 unspecified atom stereocenters. The second kappa shape index (κ2) is 9.63. The summed E-state index contributed by atoms with van der Waals surface area (Å²) in [7, 11) is 3.20. The molecule has 1 heterocycles. The van der Waals surface area contributed by atoms with Crippen molar-refractivity contribution in [1.82, 2.24) is 14.8 Å². The van der Waals surface area contributed by atoms with Crippen molar-refractivity contribution >= 4 is 23.4 Å². The molecule has 0 bridgehead atoms. The third-order valence-corrected chi connectivity index (χ3v) is 6.32. The van der Waals surface area contributed by atoms with E-state index >= 15 is 0 Å². The quantitative estimate of drug-likeness (QED) is 0.295. The molecular weight excluding hydrogens is 449 g/mol. The molecule has 0 atom stereocenters. The summed E-state index contributed by atoms with van der Waals surface area (Å²) in [5, 5.41) is 9.90. The number of hydrogen-bond donors (Lipinski definition) is 0. The number of nitrogens with zero attached hydrogens (tertiary/aromatic N) is 3. The van der Waals surface area contributed by atoms with Gasteiger partial charge in [0.1, 0.15) is 17.3 Å². The van der Waals surface area contributed by atoms with Crippen molar-refractivity contribution in [2.24, 2.45) is 0 Å². The van der Waals surface area contributed by atoms with Crippen LogP contribution in [0.25, 0.3) is 17.1 Å². The number of benzene rings is 3. The van der Waals surface area contributed by atoms with Crippen LogP contribution in [0.2, 0.25) is 5.02 Å². The number of para-hydroxylation sites is 1. The maximum absolute atomic E-state index is 14.3. The molecule has 0 saturated carbocycles. The number of aromatic nitrogens is 3. The zero-order valence-corrected chi connectivity index (χ0v) is 19.4. The minimum absolute atomic E-state index is 0.316. The molecule has 0 N–H and O–H groups in total. The Bertz CT molecular complexity index is 1220. The Kier molecular flexibility index (Phi) is 6.67. The highest BCUT2D eigenvalue weighted by molar-refractivity contribution is 7.98. The van der Waals surface area contributed by atoms with Crippen molar-refractivity contribution in [2.45, 2.75) is 17.8 Å². The van der Waals surface area contributed by atoms with E-state index in [0.29, 0.717) is 38.8 Å². The van der Waals surface area contributed by atoms with E-state index in [-0.39, 0.29) is 5.82 Å². The molecule has 4 rings (SSSR count). The lowest BCUT2D eigenvalue weighted by Gasteiger charge is -2.14. The Morgan fingerprint density at radius 3 is 2.34 bits per heavy atom. The van der Waals surface area contributed by atoms with Gasteiger partial charge in [0.15, 0.2) is 11.0 Å². The van der Waals surface area contributed by atoms with Gasteiger partial charge >= 0.3 is 0 Å². The lowest BCUT2D eigenvalue weighted by molar-refractivity contribution is 0.394. The number of halogens is 2. The van der Waals surface area contributed by atoms with Crippen molar-refractivity contribution in [1.29, 1.82) is 0 Å². The fraction of sp³-hybridized carbons (Fsp3) is 0.167. The van der Waals surface area contributed by atoms with E-state index in [2.05, 4.69) is 10.2 Å². The van der Waals surface area contributed by atoms with E-state index < -0.39 is 0 Å². The second-order valence-corrected chi connectivity index (χ2v) is 8.37. The highest BCUT2D eigenvalue weighted by atomic mass is 35.5. The molecule has 0 radical (unpaired) electrons. The molecule has 5 nitrogen and oxygen atoms in total. The Hall–Kier alpha value is -3.03. The van der Waals surface area contributed by atoms with Gasteiger partial charge in [-0.15, -0.1) is 10.2 Å². The van der Waals surface area contributed by atoms with Gasteiger partial charge < -0.3 is 9.47 Å². The van der Waals surface area contributed by atoms with Crippen LogP contribution in [0.1, 0.15) is 11.1 Å². The van der Waals surface area contributed by atoms with Crippen molar-refractivity contribution < 1.29 is 13.9 Å². The van der Waals surface area contributed by atoms with Crippen LogP contribution in [-0.4, -0.2) is 29.0 Å². The molecule has 0 fully saturated rings. The number of methoxy groups -OCH3 is 2. The van der Waals surface area contributed by atoms with E-state index in [1.165, 1.54) is 17.8 Å². The summed E-state index contributed by atoms with van der Waals surface area (Å²) in [6.07, 6.45) is 0. The Morgan fingerprint density at radius 1 is 0.969 bits per heavy atom. The molecule has 3 aromatic carbocycles. The molecule has 0 saturated heterocycles. The van der Waals surface area contributed by atoms with Crippen LogP contribution in [0.4, 0.5) is 4.39 Å². The molecule has 0 amide bonds. The maximum atomic E-state index is 14.3. The summed E-state index contributed by atoms with van der Waals surface area (Å²) >= 11 is 7.59. The van der Waals surface area contributed by atoms with Crippen molar-refractivity contribution in [3.63, 3.8) is 0 Å². The molecule has 0 aliphatic rings. The maximum Gasteiger partial charge on any atom is 0.196 e. The minimum Gasteiger partial charge on any atom is -0.497 e. The summed E-state index contributed by atoms with van der Waals surface area (Å²) in [5.74, 6) is 1.89. The predicted octanol–water partition coefficient (Wildman–Crippen LogP) is 6.34. The highest BCUT2D eigenvalue weighted by Crippen LogP contribution is 2.35. The molecule has 8 heteroatoms. The van der Waals surface area contributed by atoms with Gasteiger partial charge in [0.2, 0.25) is 0 Å². The standard InChI is InChI=1S/C24H21ClFN3O2S/c1-15-7-4-5-10-22(15)29-23(16-11-17(30-2)13-18(12-16)31-3)27-28-24(29)32-14-19-20(25)8-6-9-21(19)26/h4-13H,14H2,1-3H3. The van der Waals surface area contributed by atoms with E-state index in [1.54, 1.807) is 32.4 Å². The van der Waals surface area contributed by atoms with Crippen LogP contribution < -0.4 is 9.47 Å². The van der Waals surface area contributed by atoms with Crippen molar-refractivity contribution in [3.8, 4) is 28.6 Å². The van der Waals surface area contributed by atoms with Gasteiger partial charge in [0, 0.05) is 28.0 Å². The van der Waals surface area contributed by atoms with Crippen LogP contribution in [-0.2, 0) is 5.75 Å². The van der Waals surface area contributed by atoms with Crippen LogP contribution >= 0.6 is 23.4 Å². The molecule has 0 aliphatic carbocycles. The molecule has 32 heavy (non-hydrogen) atoms. The summed E-state index contributed by atoms with van der Waals surface area (Å²) in [6.45, 7) is 2.02. The third-order valence-electron chi connectivity index (χ3n) is 5.01. The normalized spacial score (nSPS) is 10.9. The molecule has 0 aliphatic heterocycles. The Balaban J connectivity index is 1.82. The van der Waals surface area contributed by atoms with Gasteiger partial charge in [0.05, 0.1) is 19.9 Å². The van der Waals surface area contributed by atoms with Gasteiger partial charge in [0.25, 0.3) is 0 Å². The van der Waals surface area contributed by atoms with E-state index in [1.807, 2.05) is 47.9 Å². The first kappa shape index (κ1) is 22.2. The summed E-state index contributed by atoms with van der Waals surface area (Å²) < 4.78 is 27.1. The lowest BCUT2D eigenvalue weighted by atomic mass is 10.1. The molecule has 164 valence electrons. The van der Waals surface area contributed by atoms with Gasteiger partial charge in [-0.1, -0.05) is 47.6 Å². The van der Waals surface area contributed by atoms with Crippen LogP contribution in [0, 0.1) is 12.7 Å². The molecule has 1 aromatic heterocycles. The Labute approximate surface area is 195 Å². The van der Waals surface area contributed by atoms with Gasteiger partial charge in [-0.05, 0) is 42.8 Å². The van der Waals surface area contributed by atoms with E-state index in [4.69, 9.17) is 21.1 Å². The summed E-state index contributed by atoms with van der Waals surface area (Å²) in [6, 6.07) is 18.2. The number of aryl methyl sites for hydroxylation is 1. The first-order chi connectivity index (χ1) is 15.5. The fourth-order valence-electron chi connectivity index (χ4n) is 3.33. The largest absolute Gasteiger partial charge is 0.497 e. The summed E-state index contributed by atoms with van der Waals surface area (Å²) in [5.41, 5.74) is 3.20. The SMILES string of the molecule is COc1cc(OC)cc(-c2nnc(SCc3c(F)cccc3Cl)n2-c2ccccc2C)c1. The van der Waals surface area contributed by atoms with Gasteiger partial charge in [-0.3, -0.25) is 4.57 Å². The van der Waals surface area contributed by atoms with Gasteiger partial charge in [-0.25, -0.2) is 4.39 Å². The first-order valence-electron chi connectivity index (χ1n) is 9.82. The monoisotopic (exact) mass is 469 g/mol. The van der Waals surface area contributed by atoms with E-state index in [0.717, 1.165) is 16.8 Å². The smallest absolute Gasteiger partial charge is 0.196 e. The third kappa shape index (κ3) is 4.45. The van der Waals surface area contributed by atoms with Crippen molar-refractivity contribution in [3.05, 3.63) is 82.6 Å². The van der Waals surface area contributed by atoms with Gasteiger partial charge in [-0.2, -0.15) is 0 Å². The van der Waals surface area contributed by atoms with Crippen LogP contribution in [0.15, 0.2) is 65.8 Å². The first-order valence-corrected chi connectivity index (χ1v) is 11.2. The lowest BCUT2D eigenvalue weighted by Crippen LogP contribution is -2.02. The van der Waals surface area contributed by atoms with Crippen LogP contribution in [0.3, 0.4) is 0 Å². The number of ether oxygens (including phenoxy) is 2. The van der Waals surface area contributed by atoms with E-state index in [9.17, 15) is 4.39 Å². The Morgan fingerprint density at radius 2 is 1.69 bits per heavy atom. The zero-order valence-electron chi connectivity index (χ0n) is 17.8. The highest BCUT2D eigenvalue weighted by Gasteiger charge is 2.20. The van der Waals surface area contributed by atoms with Crippen LogP contribution in [0.5, 0.6) is 11.5 Å². The minimum atomic E-state index is -0.343. The number of rotatable bonds is 7. The summed E-state index contributed by atoms with van der Waals surface area (Å²) in [4.78, 5) is 0. The number of thioether (sulfide) groups is 1. The average molecular weight is 470 g/mol. The predicted molar refractivity (Wildman–Crippen MR) is 126 cm³/mol. The average Bonchev–Trinajstić information content (AvgIpc) is 3.22. The van der Waals surface area contributed by atoms with Crippen molar-refractivity contribution in [2.75, 3.05) is 14.2 Å².